The number of aryl methyl sites for hydroxylation is 3. The number of halogens is 3. The maximum absolute atomic E-state index is 13.3. The van der Waals surface area contributed by atoms with Gasteiger partial charge in [-0.25, -0.2) is 4.98 Å². The molecule has 0 atom stereocenters. The molecule has 21 heavy (non-hydrogen) atoms. The summed E-state index contributed by atoms with van der Waals surface area (Å²) >= 11 is 1.42. The molecule has 3 heterocycles. The number of rotatable bonds is 1. The van der Waals surface area contributed by atoms with E-state index in [1.54, 1.807) is 20.0 Å². The summed E-state index contributed by atoms with van der Waals surface area (Å²) in [5.74, 6) is 0. The molecule has 3 aromatic heterocycles. The molecule has 0 aliphatic rings. The van der Waals surface area contributed by atoms with Crippen molar-refractivity contribution in [3.63, 3.8) is 0 Å². The van der Waals surface area contributed by atoms with Crippen LogP contribution in [0.4, 0.5) is 13.2 Å². The van der Waals surface area contributed by atoms with Crippen LogP contribution in [-0.4, -0.2) is 14.8 Å². The number of hydrogen-bond acceptors (Lipinski definition) is 3. The molecule has 0 fully saturated rings. The summed E-state index contributed by atoms with van der Waals surface area (Å²) in [6, 6.07) is 4.77. The van der Waals surface area contributed by atoms with Crippen LogP contribution >= 0.6 is 11.3 Å². The van der Waals surface area contributed by atoms with Gasteiger partial charge < -0.3 is 0 Å². The number of nitrogens with zero attached hydrogens (tertiary/aromatic N) is 3. The third-order valence-corrected chi connectivity index (χ3v) is 4.29. The summed E-state index contributed by atoms with van der Waals surface area (Å²) in [5.41, 5.74) is 0.236. The third-order valence-electron chi connectivity index (χ3n) is 3.27. The smallest absolute Gasteiger partial charge is 0.250 e. The van der Waals surface area contributed by atoms with Crippen LogP contribution < -0.4 is 0 Å². The van der Waals surface area contributed by atoms with Crippen LogP contribution in [0.1, 0.15) is 16.1 Å². The lowest BCUT2D eigenvalue weighted by Gasteiger charge is -2.10. The second-order valence-corrected chi connectivity index (χ2v) is 6.16. The Balaban J connectivity index is 2.37. The van der Waals surface area contributed by atoms with Crippen molar-refractivity contribution in [2.45, 2.75) is 20.0 Å². The second-order valence-electron chi connectivity index (χ2n) is 4.87. The lowest BCUT2D eigenvalue weighted by atomic mass is 10.1. The summed E-state index contributed by atoms with van der Waals surface area (Å²) in [5, 5.41) is 4.13. The van der Waals surface area contributed by atoms with Gasteiger partial charge in [0.05, 0.1) is 27.2 Å². The summed E-state index contributed by atoms with van der Waals surface area (Å²) in [6.45, 7) is 3.47. The van der Waals surface area contributed by atoms with E-state index in [2.05, 4.69) is 10.1 Å². The van der Waals surface area contributed by atoms with E-state index in [1.165, 1.54) is 16.0 Å². The van der Waals surface area contributed by atoms with Crippen molar-refractivity contribution < 1.29 is 13.2 Å². The Kier molecular flexibility index (Phi) is 3.05. The average molecular weight is 311 g/mol. The molecule has 0 aliphatic carbocycles. The molecule has 3 aromatic rings. The first kappa shape index (κ1) is 14.1. The zero-order chi connectivity index (χ0) is 15.4. The van der Waals surface area contributed by atoms with Gasteiger partial charge in [-0.2, -0.15) is 18.3 Å². The third kappa shape index (κ3) is 2.31. The number of alkyl halides is 3. The molecule has 110 valence electrons. The molecule has 0 saturated carbocycles. The topological polar surface area (TPSA) is 30.7 Å². The van der Waals surface area contributed by atoms with Gasteiger partial charge in [-0.1, -0.05) is 0 Å². The maximum Gasteiger partial charge on any atom is 0.417 e. The Labute approximate surface area is 123 Å². The lowest BCUT2D eigenvalue weighted by molar-refractivity contribution is -0.136. The first-order valence-electron chi connectivity index (χ1n) is 6.25. The normalized spacial score (nSPS) is 12.3. The van der Waals surface area contributed by atoms with E-state index in [0.717, 1.165) is 15.8 Å². The molecule has 0 saturated heterocycles. The molecule has 7 heteroatoms. The van der Waals surface area contributed by atoms with Crippen molar-refractivity contribution in [2.24, 2.45) is 7.05 Å². The number of thiophene rings is 1. The Hall–Kier alpha value is -1.89. The first-order chi connectivity index (χ1) is 9.77. The monoisotopic (exact) mass is 311 g/mol. The fraction of sp³-hybridized carbons (Fsp3) is 0.286. The summed E-state index contributed by atoms with van der Waals surface area (Å²) < 4.78 is 41.4. The van der Waals surface area contributed by atoms with Gasteiger partial charge in [-0.3, -0.25) is 4.68 Å². The Bertz CT molecular complexity index is 830. The standard InChI is InChI=1S/C14H12F3N3S/c1-7-4-5-11(21-7)10-6-9(14(15,16)17)12-8(2)19-20(3)13(12)18-10/h4-6H,1-3H3. The van der Waals surface area contributed by atoms with E-state index in [0.29, 0.717) is 11.4 Å². The van der Waals surface area contributed by atoms with Crippen LogP contribution in [0.5, 0.6) is 0 Å². The zero-order valence-electron chi connectivity index (χ0n) is 11.6. The minimum atomic E-state index is -4.43. The quantitative estimate of drug-likeness (QED) is 0.669. The highest BCUT2D eigenvalue weighted by atomic mass is 32.1. The van der Waals surface area contributed by atoms with Crippen molar-refractivity contribution in [3.8, 4) is 10.6 Å². The number of pyridine rings is 1. The Morgan fingerprint density at radius 3 is 2.48 bits per heavy atom. The van der Waals surface area contributed by atoms with E-state index in [1.807, 2.05) is 13.0 Å². The molecule has 0 unspecified atom stereocenters. The fourth-order valence-electron chi connectivity index (χ4n) is 2.37. The minimum absolute atomic E-state index is 0.0713. The SMILES string of the molecule is Cc1ccc(-c2cc(C(F)(F)F)c3c(C)nn(C)c3n2)s1. The highest BCUT2D eigenvalue weighted by molar-refractivity contribution is 7.15. The largest absolute Gasteiger partial charge is 0.417 e. The molecule has 0 spiro atoms. The Morgan fingerprint density at radius 1 is 1.19 bits per heavy atom. The molecule has 0 radical (unpaired) electrons. The van der Waals surface area contributed by atoms with Gasteiger partial charge in [0.25, 0.3) is 0 Å². The van der Waals surface area contributed by atoms with Gasteiger partial charge >= 0.3 is 6.18 Å². The Morgan fingerprint density at radius 2 is 1.90 bits per heavy atom. The van der Waals surface area contributed by atoms with Crippen LogP contribution in [0, 0.1) is 13.8 Å². The minimum Gasteiger partial charge on any atom is -0.250 e. The molecule has 0 amide bonds. The molecule has 0 aliphatic heterocycles. The van der Waals surface area contributed by atoms with Crippen LogP contribution in [0.3, 0.4) is 0 Å². The zero-order valence-corrected chi connectivity index (χ0v) is 12.4. The lowest BCUT2D eigenvalue weighted by Crippen LogP contribution is -2.07. The molecule has 0 N–H and O–H groups in total. The van der Waals surface area contributed by atoms with Crippen molar-refractivity contribution in [1.82, 2.24) is 14.8 Å². The van der Waals surface area contributed by atoms with Crippen LogP contribution in [0.15, 0.2) is 18.2 Å². The van der Waals surface area contributed by atoms with E-state index in [9.17, 15) is 13.2 Å². The van der Waals surface area contributed by atoms with Gasteiger partial charge in [-0.05, 0) is 32.0 Å². The van der Waals surface area contributed by atoms with Gasteiger partial charge in [0.2, 0.25) is 0 Å². The van der Waals surface area contributed by atoms with Crippen LogP contribution in [-0.2, 0) is 13.2 Å². The van der Waals surface area contributed by atoms with Crippen LogP contribution in [0.2, 0.25) is 0 Å². The van der Waals surface area contributed by atoms with Crippen molar-refractivity contribution >= 4 is 22.4 Å². The molecular weight excluding hydrogens is 299 g/mol. The van der Waals surface area contributed by atoms with Crippen molar-refractivity contribution in [3.05, 3.63) is 34.3 Å². The second kappa shape index (κ2) is 4.56. The number of aromatic nitrogens is 3. The molecule has 3 nitrogen and oxygen atoms in total. The summed E-state index contributed by atoms with van der Waals surface area (Å²) in [7, 11) is 1.60. The maximum atomic E-state index is 13.3. The van der Waals surface area contributed by atoms with E-state index >= 15 is 0 Å². The molecular formula is C14H12F3N3S. The number of fused-ring (bicyclic) bond motifs is 1. The molecule has 0 aromatic carbocycles. The van der Waals surface area contributed by atoms with Gasteiger partial charge in [0.1, 0.15) is 0 Å². The van der Waals surface area contributed by atoms with E-state index in [4.69, 9.17) is 0 Å². The van der Waals surface area contributed by atoms with Crippen molar-refractivity contribution in [1.29, 1.82) is 0 Å². The molecule has 0 bridgehead atoms. The first-order valence-corrected chi connectivity index (χ1v) is 7.07. The van der Waals surface area contributed by atoms with E-state index in [-0.39, 0.29) is 11.0 Å². The predicted molar refractivity (Wildman–Crippen MR) is 76.3 cm³/mol. The predicted octanol–water partition coefficient (Wildman–Crippen LogP) is 4.33. The van der Waals surface area contributed by atoms with Gasteiger partial charge in [0, 0.05) is 11.9 Å². The molecule has 3 rings (SSSR count). The highest BCUT2D eigenvalue weighted by Gasteiger charge is 2.35. The van der Waals surface area contributed by atoms with Gasteiger partial charge in [-0.15, -0.1) is 11.3 Å². The van der Waals surface area contributed by atoms with Crippen molar-refractivity contribution in [2.75, 3.05) is 0 Å². The summed E-state index contributed by atoms with van der Waals surface area (Å²) in [6.07, 6.45) is -4.43. The number of hydrogen-bond donors (Lipinski definition) is 0. The average Bonchev–Trinajstić information content (AvgIpc) is 2.93. The van der Waals surface area contributed by atoms with E-state index < -0.39 is 11.7 Å². The van der Waals surface area contributed by atoms with Crippen LogP contribution in [0.25, 0.3) is 21.6 Å². The fourth-order valence-corrected chi connectivity index (χ4v) is 3.19. The summed E-state index contributed by atoms with van der Waals surface area (Å²) in [4.78, 5) is 6.11. The highest BCUT2D eigenvalue weighted by Crippen LogP contribution is 2.38. The van der Waals surface area contributed by atoms with Gasteiger partial charge in [0.15, 0.2) is 5.65 Å².